The monoisotopic (exact) mass is 392 g/mol. The molecule has 5 heteroatoms. The topological polar surface area (TPSA) is 58.2 Å². The van der Waals surface area contributed by atoms with Gasteiger partial charge in [-0.2, -0.15) is 0 Å². The Labute approximate surface area is 169 Å². The summed E-state index contributed by atoms with van der Waals surface area (Å²) in [6.07, 6.45) is 5.62. The molecule has 0 radical (unpaired) electrons. The lowest BCUT2D eigenvalue weighted by atomic mass is 10.0. The molecule has 28 heavy (non-hydrogen) atoms. The van der Waals surface area contributed by atoms with Crippen molar-refractivity contribution in [1.29, 1.82) is 0 Å². The predicted molar refractivity (Wildman–Crippen MR) is 115 cm³/mol. The van der Waals surface area contributed by atoms with Gasteiger partial charge >= 0.3 is 0 Å². The Kier molecular flexibility index (Phi) is 5.44. The summed E-state index contributed by atoms with van der Waals surface area (Å²) >= 11 is 1.57. The van der Waals surface area contributed by atoms with Crippen LogP contribution in [0.4, 0.5) is 5.00 Å². The molecular formula is C23H24N2O2S. The van der Waals surface area contributed by atoms with Crippen molar-refractivity contribution in [3.63, 3.8) is 0 Å². The first-order chi connectivity index (χ1) is 13.7. The van der Waals surface area contributed by atoms with E-state index in [2.05, 4.69) is 22.8 Å². The molecule has 0 aliphatic heterocycles. The molecule has 0 saturated heterocycles. The van der Waals surface area contributed by atoms with Crippen molar-refractivity contribution >= 4 is 38.9 Å². The van der Waals surface area contributed by atoms with Gasteiger partial charge in [0, 0.05) is 11.9 Å². The highest BCUT2D eigenvalue weighted by Crippen LogP contribution is 2.37. The fourth-order valence-electron chi connectivity index (χ4n) is 3.99. The molecule has 0 atom stereocenters. The number of thiophene rings is 1. The van der Waals surface area contributed by atoms with E-state index >= 15 is 0 Å². The van der Waals surface area contributed by atoms with E-state index in [0.717, 1.165) is 47.6 Å². The predicted octanol–water partition coefficient (Wildman–Crippen LogP) is 4.71. The molecule has 0 unspecified atom stereocenters. The smallest absolute Gasteiger partial charge is 0.254 e. The van der Waals surface area contributed by atoms with Gasteiger partial charge in [-0.15, -0.1) is 11.3 Å². The first kappa shape index (κ1) is 18.7. The number of hydrogen-bond donors (Lipinski definition) is 2. The van der Waals surface area contributed by atoms with E-state index in [0.29, 0.717) is 10.6 Å². The molecule has 144 valence electrons. The molecule has 0 spiro atoms. The van der Waals surface area contributed by atoms with Crippen LogP contribution < -0.4 is 10.6 Å². The normalized spacial score (nSPS) is 13.6. The molecule has 3 aromatic rings. The lowest BCUT2D eigenvalue weighted by Gasteiger charge is -2.09. The highest BCUT2D eigenvalue weighted by Gasteiger charge is 2.25. The van der Waals surface area contributed by atoms with Gasteiger partial charge in [-0.25, -0.2) is 0 Å². The zero-order valence-corrected chi connectivity index (χ0v) is 16.8. The quantitative estimate of drug-likeness (QED) is 0.632. The summed E-state index contributed by atoms with van der Waals surface area (Å²) in [5, 5.41) is 8.69. The van der Waals surface area contributed by atoms with Gasteiger partial charge in [-0.1, -0.05) is 48.9 Å². The van der Waals surface area contributed by atoms with Crippen molar-refractivity contribution in [2.45, 2.75) is 38.5 Å². The summed E-state index contributed by atoms with van der Waals surface area (Å²) in [6.45, 7) is 0. The second-order valence-corrected chi connectivity index (χ2v) is 8.32. The third kappa shape index (κ3) is 3.67. The van der Waals surface area contributed by atoms with Crippen LogP contribution in [0, 0.1) is 0 Å². The Morgan fingerprint density at radius 2 is 1.79 bits per heavy atom. The second-order valence-electron chi connectivity index (χ2n) is 7.21. The summed E-state index contributed by atoms with van der Waals surface area (Å²) in [6, 6.07) is 14.1. The first-order valence-corrected chi connectivity index (χ1v) is 10.6. The number of nitrogens with one attached hydrogen (secondary N) is 2. The number of fused-ring (bicyclic) bond motifs is 2. The minimum absolute atomic E-state index is 0.0853. The van der Waals surface area contributed by atoms with E-state index in [1.807, 2.05) is 30.3 Å². The zero-order chi connectivity index (χ0) is 19.5. The Balaban J connectivity index is 1.61. The largest absolute Gasteiger partial charge is 0.355 e. The summed E-state index contributed by atoms with van der Waals surface area (Å²) in [5.41, 5.74) is 2.79. The number of hydrogen-bond acceptors (Lipinski definition) is 3. The van der Waals surface area contributed by atoms with Gasteiger partial charge in [0.05, 0.1) is 12.0 Å². The highest BCUT2D eigenvalue weighted by molar-refractivity contribution is 7.17. The number of rotatable bonds is 4. The van der Waals surface area contributed by atoms with Gasteiger partial charge in [0.2, 0.25) is 5.91 Å². The maximum atomic E-state index is 12.8. The van der Waals surface area contributed by atoms with Crippen LogP contribution >= 0.6 is 11.3 Å². The van der Waals surface area contributed by atoms with E-state index in [-0.39, 0.29) is 18.2 Å². The molecule has 1 aromatic heterocycles. The van der Waals surface area contributed by atoms with Crippen molar-refractivity contribution in [2.24, 2.45) is 0 Å². The molecular weight excluding hydrogens is 368 g/mol. The molecule has 1 aliphatic carbocycles. The second kappa shape index (κ2) is 8.15. The lowest BCUT2D eigenvalue weighted by molar-refractivity contribution is -0.115. The van der Waals surface area contributed by atoms with Crippen LogP contribution in [-0.4, -0.2) is 18.9 Å². The van der Waals surface area contributed by atoms with E-state index < -0.39 is 0 Å². The molecule has 4 rings (SSSR count). The Hall–Kier alpha value is -2.66. The number of carbonyl (C=O) groups excluding carboxylic acids is 2. The molecule has 2 amide bonds. The number of anilines is 1. The molecule has 0 saturated carbocycles. The molecule has 1 aliphatic rings. The number of benzene rings is 2. The molecule has 0 fully saturated rings. The first-order valence-electron chi connectivity index (χ1n) is 9.80. The summed E-state index contributed by atoms with van der Waals surface area (Å²) in [4.78, 5) is 26.6. The third-order valence-corrected chi connectivity index (χ3v) is 6.57. The van der Waals surface area contributed by atoms with Crippen LogP contribution in [0.1, 0.15) is 45.6 Å². The summed E-state index contributed by atoms with van der Waals surface area (Å²) < 4.78 is 0. The van der Waals surface area contributed by atoms with Crippen LogP contribution in [0.3, 0.4) is 0 Å². The SMILES string of the molecule is CNC(=O)c1c(NC(=O)Cc2cccc3ccccc23)sc2c1CCCCC2. The van der Waals surface area contributed by atoms with Crippen molar-refractivity contribution < 1.29 is 9.59 Å². The standard InChI is InChI=1S/C23H24N2O2S/c1-24-22(27)21-18-12-3-2-4-13-19(18)28-23(21)25-20(26)14-16-10-7-9-15-8-5-6-11-17(15)16/h5-11H,2-4,12-14H2,1H3,(H,24,27)(H,25,26). The minimum Gasteiger partial charge on any atom is -0.355 e. The maximum Gasteiger partial charge on any atom is 0.254 e. The van der Waals surface area contributed by atoms with Gasteiger partial charge < -0.3 is 10.6 Å². The van der Waals surface area contributed by atoms with Crippen molar-refractivity contribution in [3.8, 4) is 0 Å². The van der Waals surface area contributed by atoms with E-state index in [9.17, 15) is 9.59 Å². The fourth-order valence-corrected chi connectivity index (χ4v) is 5.29. The Morgan fingerprint density at radius 3 is 2.64 bits per heavy atom. The maximum absolute atomic E-state index is 12.8. The average Bonchev–Trinajstić information content (AvgIpc) is 2.88. The van der Waals surface area contributed by atoms with Gasteiger partial charge in [-0.05, 0) is 47.6 Å². The van der Waals surface area contributed by atoms with Crippen LogP contribution in [0.5, 0.6) is 0 Å². The molecule has 0 bridgehead atoms. The number of carbonyl (C=O) groups is 2. The zero-order valence-electron chi connectivity index (χ0n) is 16.0. The van der Waals surface area contributed by atoms with Gasteiger partial charge in [-0.3, -0.25) is 9.59 Å². The van der Waals surface area contributed by atoms with Crippen molar-refractivity contribution in [3.05, 3.63) is 64.0 Å². The molecule has 4 nitrogen and oxygen atoms in total. The van der Waals surface area contributed by atoms with E-state index in [1.165, 1.54) is 11.3 Å². The van der Waals surface area contributed by atoms with Gasteiger partial charge in [0.25, 0.3) is 5.91 Å². The molecule has 2 aromatic carbocycles. The van der Waals surface area contributed by atoms with Crippen LogP contribution in [0.15, 0.2) is 42.5 Å². The molecule has 2 N–H and O–H groups in total. The fraction of sp³-hybridized carbons (Fsp3) is 0.304. The van der Waals surface area contributed by atoms with Crippen LogP contribution in [0.25, 0.3) is 10.8 Å². The Bertz CT molecular complexity index is 1030. The average molecular weight is 393 g/mol. The Morgan fingerprint density at radius 1 is 1.00 bits per heavy atom. The summed E-state index contributed by atoms with van der Waals surface area (Å²) in [7, 11) is 1.64. The number of aryl methyl sites for hydroxylation is 1. The van der Waals surface area contributed by atoms with Crippen molar-refractivity contribution in [2.75, 3.05) is 12.4 Å². The lowest BCUT2D eigenvalue weighted by Crippen LogP contribution is -2.22. The van der Waals surface area contributed by atoms with Crippen molar-refractivity contribution in [1.82, 2.24) is 5.32 Å². The minimum atomic E-state index is -0.111. The van der Waals surface area contributed by atoms with Crippen LogP contribution in [0.2, 0.25) is 0 Å². The number of amides is 2. The molecule has 1 heterocycles. The summed E-state index contributed by atoms with van der Waals surface area (Å²) in [5.74, 6) is -0.197. The van der Waals surface area contributed by atoms with Crippen LogP contribution in [-0.2, 0) is 24.1 Å². The van der Waals surface area contributed by atoms with Gasteiger partial charge in [0.15, 0.2) is 0 Å². The van der Waals surface area contributed by atoms with E-state index in [1.54, 1.807) is 18.4 Å². The third-order valence-electron chi connectivity index (χ3n) is 5.36. The highest BCUT2D eigenvalue weighted by atomic mass is 32.1. The van der Waals surface area contributed by atoms with E-state index in [4.69, 9.17) is 0 Å². The van der Waals surface area contributed by atoms with Gasteiger partial charge in [0.1, 0.15) is 5.00 Å².